The second-order valence-electron chi connectivity index (χ2n) is 13.8. The highest BCUT2D eigenvalue weighted by Gasteiger charge is 2.40. The molecular formula is C38H54N3O4-. The molecule has 2 fully saturated rings. The summed E-state index contributed by atoms with van der Waals surface area (Å²) >= 11 is 0. The average molecular weight is 617 g/mol. The van der Waals surface area contributed by atoms with Gasteiger partial charge in [-0.1, -0.05) is 70.1 Å². The third-order valence-corrected chi connectivity index (χ3v) is 10.9. The summed E-state index contributed by atoms with van der Waals surface area (Å²) < 4.78 is 6.27. The van der Waals surface area contributed by atoms with E-state index in [-0.39, 0.29) is 17.1 Å². The van der Waals surface area contributed by atoms with Crippen LogP contribution in [0.15, 0.2) is 54.9 Å². The number of nitrogens with zero attached hydrogens (tertiary/aromatic N) is 2. The zero-order valence-electron chi connectivity index (χ0n) is 27.1. The number of aromatic hydroxyl groups is 1. The molecule has 2 saturated carbocycles. The SMILES string of the molecule is CCC1CCCC(C(O)CC(O)CCc2ccc(O)c(OCCC(c3ccnc(N)c3)C3(c4ccc[n-]4)CCCCC3)c2)CC1. The van der Waals surface area contributed by atoms with E-state index in [0.717, 1.165) is 67.7 Å². The third kappa shape index (κ3) is 8.62. The topological polar surface area (TPSA) is 123 Å². The maximum Gasteiger partial charge on any atom is 0.161 e. The van der Waals surface area contributed by atoms with E-state index in [1.165, 1.54) is 32.1 Å². The van der Waals surface area contributed by atoms with Gasteiger partial charge in [0.05, 0.1) is 18.8 Å². The molecule has 0 aliphatic heterocycles. The van der Waals surface area contributed by atoms with Gasteiger partial charge in [0.25, 0.3) is 0 Å². The Bertz CT molecular complexity index is 1310. The molecule has 2 aliphatic rings. The monoisotopic (exact) mass is 616 g/mol. The zero-order chi connectivity index (χ0) is 31.6. The second-order valence-corrected chi connectivity index (χ2v) is 13.8. The number of phenolic OH excluding ortho intramolecular Hbond substituents is 1. The number of nitrogen functional groups attached to an aromatic ring is 1. The first-order valence-electron chi connectivity index (χ1n) is 17.5. The number of ether oxygens (including phenoxy) is 1. The first kappa shape index (κ1) is 33.3. The number of aryl methyl sites for hydroxylation is 1. The molecule has 5 rings (SSSR count). The standard InChI is InChI=1S/C38H54N3O4/c1-2-27-8-6-9-29(14-11-27)34(44)26-31(42)15-12-28-13-16-33(43)35(24-28)45-23-18-32(30-17-22-41-37(39)25-30)38(19-4-3-5-20-38)36-10-7-21-40-36/h7,10,13,16-17,21-22,24-25,27,29,31-32,34,42-44H,2-6,8-9,11-12,14-15,18-20,23,26H2,1H3,(H2,39,41)/q-1. The minimum Gasteiger partial charge on any atom is -0.667 e. The Morgan fingerprint density at radius 3 is 2.60 bits per heavy atom. The summed E-state index contributed by atoms with van der Waals surface area (Å²) in [5, 5.41) is 32.4. The molecule has 45 heavy (non-hydrogen) atoms. The lowest BCUT2D eigenvalue weighted by Crippen LogP contribution is -2.37. The lowest BCUT2D eigenvalue weighted by Gasteiger charge is -2.47. The van der Waals surface area contributed by atoms with Crippen molar-refractivity contribution in [1.82, 2.24) is 9.97 Å². The number of anilines is 1. The van der Waals surface area contributed by atoms with Gasteiger partial charge in [-0.15, -0.1) is 0 Å². The van der Waals surface area contributed by atoms with Crippen LogP contribution >= 0.6 is 0 Å². The molecule has 0 spiro atoms. The van der Waals surface area contributed by atoms with Crippen LogP contribution in [0.5, 0.6) is 11.5 Å². The van der Waals surface area contributed by atoms with Gasteiger partial charge in [0.1, 0.15) is 5.82 Å². The first-order valence-corrected chi connectivity index (χ1v) is 17.5. The summed E-state index contributed by atoms with van der Waals surface area (Å²) in [6.45, 7) is 2.69. The molecule has 1 aromatic carbocycles. The van der Waals surface area contributed by atoms with Crippen molar-refractivity contribution in [3.8, 4) is 11.5 Å². The number of hydrogen-bond donors (Lipinski definition) is 4. The molecule has 7 nitrogen and oxygen atoms in total. The first-order chi connectivity index (χ1) is 21.9. The van der Waals surface area contributed by atoms with E-state index in [1.54, 1.807) is 12.3 Å². The summed E-state index contributed by atoms with van der Waals surface area (Å²) in [5.41, 5.74) is 9.34. The van der Waals surface area contributed by atoms with Crippen LogP contribution in [0.2, 0.25) is 0 Å². The molecule has 2 aromatic heterocycles. The van der Waals surface area contributed by atoms with Gasteiger partial charge in [-0.3, -0.25) is 0 Å². The Kier molecular flexibility index (Phi) is 11.8. The van der Waals surface area contributed by atoms with E-state index in [1.807, 2.05) is 30.5 Å². The van der Waals surface area contributed by atoms with E-state index in [2.05, 4.69) is 24.0 Å². The Morgan fingerprint density at radius 2 is 1.84 bits per heavy atom. The van der Waals surface area contributed by atoms with Crippen LogP contribution in [0.25, 0.3) is 0 Å². The fraction of sp³-hybridized carbons (Fsp3) is 0.605. The number of benzene rings is 1. The Labute approximate surface area is 269 Å². The Hall–Kier alpha value is -3.03. The minimum absolute atomic E-state index is 0.0992. The molecule has 5 unspecified atom stereocenters. The number of rotatable bonds is 14. The van der Waals surface area contributed by atoms with E-state index in [4.69, 9.17) is 15.5 Å². The summed E-state index contributed by atoms with van der Waals surface area (Å²) in [6.07, 6.45) is 17.7. The second kappa shape index (κ2) is 16.0. The predicted octanol–water partition coefficient (Wildman–Crippen LogP) is 7.43. The zero-order valence-corrected chi connectivity index (χ0v) is 27.1. The molecule has 3 aromatic rings. The van der Waals surface area contributed by atoms with Gasteiger partial charge in [-0.2, -0.15) is 11.9 Å². The van der Waals surface area contributed by atoms with Crippen LogP contribution in [-0.4, -0.2) is 39.1 Å². The average Bonchev–Trinajstić information content (AvgIpc) is 3.49. The number of aliphatic hydroxyl groups is 2. The molecule has 246 valence electrons. The minimum atomic E-state index is -0.562. The van der Waals surface area contributed by atoms with Gasteiger partial charge < -0.3 is 30.8 Å². The molecule has 2 heterocycles. The third-order valence-electron chi connectivity index (χ3n) is 10.9. The van der Waals surface area contributed by atoms with Crippen molar-refractivity contribution in [1.29, 1.82) is 0 Å². The molecule has 5 atom stereocenters. The maximum atomic E-state index is 10.9. The van der Waals surface area contributed by atoms with Crippen molar-refractivity contribution in [2.45, 2.75) is 127 Å². The predicted molar refractivity (Wildman–Crippen MR) is 179 cm³/mol. The molecule has 2 aliphatic carbocycles. The smallest absolute Gasteiger partial charge is 0.161 e. The number of pyridine rings is 1. The molecule has 0 bridgehead atoms. The molecule has 0 amide bonds. The van der Waals surface area contributed by atoms with Crippen molar-refractivity contribution in [3.05, 3.63) is 71.7 Å². The van der Waals surface area contributed by atoms with Crippen molar-refractivity contribution in [2.24, 2.45) is 11.8 Å². The lowest BCUT2D eigenvalue weighted by molar-refractivity contribution is 0.0352. The van der Waals surface area contributed by atoms with E-state index >= 15 is 0 Å². The number of aromatic nitrogens is 2. The van der Waals surface area contributed by atoms with Crippen molar-refractivity contribution in [3.63, 3.8) is 0 Å². The van der Waals surface area contributed by atoms with Gasteiger partial charge in [0.15, 0.2) is 11.5 Å². The molecular weight excluding hydrogens is 562 g/mol. The quantitative estimate of drug-likeness (QED) is 0.139. The largest absolute Gasteiger partial charge is 0.667 e. The van der Waals surface area contributed by atoms with Gasteiger partial charge >= 0.3 is 0 Å². The van der Waals surface area contributed by atoms with Crippen LogP contribution in [-0.2, 0) is 11.8 Å². The van der Waals surface area contributed by atoms with Gasteiger partial charge in [-0.05, 0) is 110 Å². The maximum absolute atomic E-state index is 10.9. The van der Waals surface area contributed by atoms with Crippen LogP contribution < -0.4 is 15.5 Å². The lowest BCUT2D eigenvalue weighted by atomic mass is 9.61. The number of phenols is 1. The number of aliphatic hydroxyl groups excluding tert-OH is 2. The highest BCUT2D eigenvalue weighted by Crippen LogP contribution is 2.50. The number of hydrogen-bond acceptors (Lipinski definition) is 6. The van der Waals surface area contributed by atoms with Gasteiger partial charge in [0, 0.05) is 6.20 Å². The summed E-state index contributed by atoms with van der Waals surface area (Å²) in [4.78, 5) is 9.05. The van der Waals surface area contributed by atoms with Gasteiger partial charge in [-0.25, -0.2) is 4.98 Å². The summed E-state index contributed by atoms with van der Waals surface area (Å²) in [5.74, 6) is 2.31. The number of nitrogens with two attached hydrogens (primary N) is 1. The van der Waals surface area contributed by atoms with Crippen LogP contribution in [0, 0.1) is 11.8 Å². The van der Waals surface area contributed by atoms with Crippen LogP contribution in [0.1, 0.15) is 120 Å². The summed E-state index contributed by atoms with van der Waals surface area (Å²) in [6, 6.07) is 13.7. The highest BCUT2D eigenvalue weighted by molar-refractivity contribution is 5.42. The summed E-state index contributed by atoms with van der Waals surface area (Å²) in [7, 11) is 0. The normalized spacial score (nSPS) is 22.3. The molecule has 0 radical (unpaired) electrons. The highest BCUT2D eigenvalue weighted by atomic mass is 16.5. The van der Waals surface area contributed by atoms with Crippen LogP contribution in [0.4, 0.5) is 5.82 Å². The van der Waals surface area contributed by atoms with E-state index in [0.29, 0.717) is 43.4 Å². The van der Waals surface area contributed by atoms with Crippen molar-refractivity contribution in [2.75, 3.05) is 12.3 Å². The Morgan fingerprint density at radius 1 is 1.00 bits per heavy atom. The van der Waals surface area contributed by atoms with E-state index in [9.17, 15) is 15.3 Å². The van der Waals surface area contributed by atoms with Crippen molar-refractivity contribution < 1.29 is 20.1 Å². The van der Waals surface area contributed by atoms with E-state index < -0.39 is 12.2 Å². The van der Waals surface area contributed by atoms with Crippen molar-refractivity contribution >= 4 is 5.82 Å². The fourth-order valence-corrected chi connectivity index (χ4v) is 8.24. The Balaban J connectivity index is 1.20. The molecule has 0 saturated heterocycles. The molecule has 7 heteroatoms. The fourth-order valence-electron chi connectivity index (χ4n) is 8.24. The van der Waals surface area contributed by atoms with Gasteiger partial charge in [0.2, 0.25) is 0 Å². The van der Waals surface area contributed by atoms with Crippen LogP contribution in [0.3, 0.4) is 0 Å². The molecule has 5 N–H and O–H groups in total.